The highest BCUT2D eigenvalue weighted by Crippen LogP contribution is 2.37. The van der Waals surface area contributed by atoms with Gasteiger partial charge in [0.15, 0.2) is 0 Å². The van der Waals surface area contributed by atoms with Crippen LogP contribution in [0.25, 0.3) is 0 Å². The molecule has 0 aliphatic carbocycles. The van der Waals surface area contributed by atoms with Gasteiger partial charge in [0, 0.05) is 17.6 Å². The van der Waals surface area contributed by atoms with E-state index in [1.165, 1.54) is 12.8 Å². The summed E-state index contributed by atoms with van der Waals surface area (Å²) in [5.74, 6) is 0.779. The van der Waals surface area contributed by atoms with Crippen LogP contribution in [0.4, 0.5) is 5.69 Å². The molecule has 1 aromatic rings. The average molecular weight is 321 g/mol. The van der Waals surface area contributed by atoms with Gasteiger partial charge in [-0.2, -0.15) is 5.26 Å². The van der Waals surface area contributed by atoms with Gasteiger partial charge in [0.25, 0.3) is 0 Å². The molecule has 2 rings (SSSR count). The number of nitriles is 1. The first-order valence-corrected chi connectivity index (χ1v) is 7.66. The van der Waals surface area contributed by atoms with E-state index in [0.29, 0.717) is 5.41 Å². The molecule has 102 valence electrons. The second kappa shape index (κ2) is 5.54. The van der Waals surface area contributed by atoms with Crippen LogP contribution in [-0.4, -0.2) is 13.1 Å². The molecule has 0 amide bonds. The van der Waals surface area contributed by atoms with Crippen LogP contribution in [0, 0.1) is 22.7 Å². The number of anilines is 1. The van der Waals surface area contributed by atoms with Crippen molar-refractivity contribution in [1.29, 1.82) is 5.26 Å². The van der Waals surface area contributed by atoms with Gasteiger partial charge in [-0.15, -0.1) is 0 Å². The highest BCUT2D eigenvalue weighted by molar-refractivity contribution is 9.10. The number of halogens is 1. The van der Waals surface area contributed by atoms with Crippen LogP contribution in [0.5, 0.6) is 0 Å². The minimum atomic E-state index is 0.390. The third-order valence-corrected chi connectivity index (χ3v) is 4.82. The Balaban J connectivity index is 2.15. The van der Waals surface area contributed by atoms with Crippen LogP contribution in [0.15, 0.2) is 22.7 Å². The zero-order chi connectivity index (χ0) is 14.0. The van der Waals surface area contributed by atoms with E-state index in [1.807, 2.05) is 12.1 Å². The van der Waals surface area contributed by atoms with Crippen molar-refractivity contribution in [3.63, 3.8) is 0 Å². The topological polar surface area (TPSA) is 27.0 Å². The zero-order valence-electron chi connectivity index (χ0n) is 11.9. The van der Waals surface area contributed by atoms with Crippen molar-refractivity contribution in [3.8, 4) is 6.07 Å². The monoisotopic (exact) mass is 320 g/mol. The Morgan fingerprint density at radius 3 is 2.42 bits per heavy atom. The third-order valence-electron chi connectivity index (χ3n) is 4.16. The van der Waals surface area contributed by atoms with E-state index < -0.39 is 0 Å². The SMILES string of the molecule is CC(C)(C)C1CCN(c2cccc(Br)c2C#N)CC1. The Morgan fingerprint density at radius 2 is 1.89 bits per heavy atom. The van der Waals surface area contributed by atoms with Gasteiger partial charge < -0.3 is 4.90 Å². The first-order valence-electron chi connectivity index (χ1n) is 6.87. The molecule has 0 spiro atoms. The summed E-state index contributed by atoms with van der Waals surface area (Å²) in [4.78, 5) is 2.35. The highest BCUT2D eigenvalue weighted by atomic mass is 79.9. The van der Waals surface area contributed by atoms with Crippen molar-refractivity contribution in [2.24, 2.45) is 11.3 Å². The fourth-order valence-electron chi connectivity index (χ4n) is 2.87. The molecular weight excluding hydrogens is 300 g/mol. The lowest BCUT2D eigenvalue weighted by Gasteiger charge is -2.40. The largest absolute Gasteiger partial charge is 0.370 e. The molecule has 1 saturated heterocycles. The Morgan fingerprint density at radius 1 is 1.26 bits per heavy atom. The van der Waals surface area contributed by atoms with E-state index in [4.69, 9.17) is 0 Å². The summed E-state index contributed by atoms with van der Waals surface area (Å²) in [6, 6.07) is 8.31. The molecule has 0 N–H and O–H groups in total. The Labute approximate surface area is 124 Å². The van der Waals surface area contributed by atoms with E-state index in [1.54, 1.807) is 0 Å². The summed E-state index contributed by atoms with van der Waals surface area (Å²) in [7, 11) is 0. The van der Waals surface area contributed by atoms with E-state index in [2.05, 4.69) is 53.7 Å². The lowest BCUT2D eigenvalue weighted by atomic mass is 9.75. The Kier molecular flexibility index (Phi) is 4.20. The van der Waals surface area contributed by atoms with Crippen LogP contribution in [-0.2, 0) is 0 Å². The van der Waals surface area contributed by atoms with E-state index in [-0.39, 0.29) is 0 Å². The number of piperidine rings is 1. The molecule has 1 aliphatic heterocycles. The van der Waals surface area contributed by atoms with Crippen LogP contribution in [0.2, 0.25) is 0 Å². The van der Waals surface area contributed by atoms with E-state index >= 15 is 0 Å². The number of nitrogens with zero attached hydrogens (tertiary/aromatic N) is 2. The second-order valence-electron chi connectivity index (χ2n) is 6.37. The van der Waals surface area contributed by atoms with Crippen LogP contribution in [0.3, 0.4) is 0 Å². The minimum Gasteiger partial charge on any atom is -0.370 e. The Bertz CT molecular complexity index is 488. The minimum absolute atomic E-state index is 0.390. The summed E-state index contributed by atoms with van der Waals surface area (Å²) in [5, 5.41) is 9.30. The lowest BCUT2D eigenvalue weighted by Crippen LogP contribution is -2.38. The normalized spacial score (nSPS) is 17.3. The summed E-state index contributed by atoms with van der Waals surface area (Å²) in [5.41, 5.74) is 2.22. The van der Waals surface area contributed by atoms with Gasteiger partial charge in [-0.3, -0.25) is 0 Å². The molecule has 1 aromatic carbocycles. The lowest BCUT2D eigenvalue weighted by molar-refractivity contribution is 0.199. The van der Waals surface area contributed by atoms with E-state index in [9.17, 15) is 5.26 Å². The molecular formula is C16H21BrN2. The predicted molar refractivity (Wildman–Crippen MR) is 83.2 cm³/mol. The maximum atomic E-state index is 9.30. The molecule has 0 unspecified atom stereocenters. The van der Waals surface area contributed by atoms with Gasteiger partial charge in [-0.25, -0.2) is 0 Å². The second-order valence-corrected chi connectivity index (χ2v) is 7.23. The van der Waals surface area contributed by atoms with Crippen molar-refractivity contribution >= 4 is 21.6 Å². The van der Waals surface area contributed by atoms with Gasteiger partial charge in [-0.05, 0) is 52.2 Å². The summed E-state index contributed by atoms with van der Waals surface area (Å²) in [6.45, 7) is 9.08. The summed E-state index contributed by atoms with van der Waals surface area (Å²) >= 11 is 3.47. The van der Waals surface area contributed by atoms with Crippen molar-refractivity contribution in [3.05, 3.63) is 28.2 Å². The fraction of sp³-hybridized carbons (Fsp3) is 0.562. The number of hydrogen-bond donors (Lipinski definition) is 0. The predicted octanol–water partition coefficient (Wildman–Crippen LogP) is 4.58. The molecule has 1 fully saturated rings. The first kappa shape index (κ1) is 14.4. The molecule has 0 radical (unpaired) electrons. The number of hydrogen-bond acceptors (Lipinski definition) is 2. The summed E-state index contributed by atoms with van der Waals surface area (Å²) < 4.78 is 0.894. The van der Waals surface area contributed by atoms with E-state index in [0.717, 1.165) is 34.7 Å². The maximum absolute atomic E-state index is 9.30. The van der Waals surface area contributed by atoms with Crippen LogP contribution >= 0.6 is 15.9 Å². The smallest absolute Gasteiger partial charge is 0.103 e. The molecule has 3 heteroatoms. The quantitative estimate of drug-likeness (QED) is 0.757. The molecule has 0 aromatic heterocycles. The third kappa shape index (κ3) is 3.12. The van der Waals surface area contributed by atoms with Crippen molar-refractivity contribution in [2.45, 2.75) is 33.6 Å². The standard InChI is InChI=1S/C16H21BrN2/c1-16(2,3)12-7-9-19(10-8-12)15-6-4-5-14(17)13(15)11-18/h4-6,12H,7-10H2,1-3H3. The fourth-order valence-corrected chi connectivity index (χ4v) is 3.32. The van der Waals surface area contributed by atoms with Crippen molar-refractivity contribution in [2.75, 3.05) is 18.0 Å². The molecule has 1 heterocycles. The molecule has 1 aliphatic rings. The van der Waals surface area contributed by atoms with Gasteiger partial charge in [0.1, 0.15) is 6.07 Å². The van der Waals surface area contributed by atoms with Gasteiger partial charge in [0.2, 0.25) is 0 Å². The zero-order valence-corrected chi connectivity index (χ0v) is 13.5. The van der Waals surface area contributed by atoms with Crippen molar-refractivity contribution in [1.82, 2.24) is 0 Å². The highest BCUT2D eigenvalue weighted by Gasteiger charge is 2.29. The maximum Gasteiger partial charge on any atom is 0.103 e. The van der Waals surface area contributed by atoms with Crippen LogP contribution < -0.4 is 4.90 Å². The molecule has 2 nitrogen and oxygen atoms in total. The number of rotatable bonds is 1. The molecule has 0 bridgehead atoms. The molecule has 0 atom stereocenters. The number of benzene rings is 1. The van der Waals surface area contributed by atoms with Crippen molar-refractivity contribution < 1.29 is 0 Å². The van der Waals surface area contributed by atoms with Gasteiger partial charge in [-0.1, -0.05) is 26.8 Å². The first-order chi connectivity index (χ1) is 8.93. The average Bonchev–Trinajstić information content (AvgIpc) is 2.37. The van der Waals surface area contributed by atoms with Gasteiger partial charge >= 0.3 is 0 Å². The Hall–Kier alpha value is -1.01. The van der Waals surface area contributed by atoms with Crippen LogP contribution in [0.1, 0.15) is 39.2 Å². The summed E-state index contributed by atoms with van der Waals surface area (Å²) in [6.07, 6.45) is 2.42. The van der Waals surface area contributed by atoms with Gasteiger partial charge in [0.05, 0.1) is 11.3 Å². The molecule has 19 heavy (non-hydrogen) atoms. The molecule has 0 saturated carbocycles.